The number of nitrogens with zero attached hydrogens (tertiary/aromatic N) is 2. The minimum atomic E-state index is 0.147. The Morgan fingerprint density at radius 2 is 1.47 bits per heavy atom. The zero-order valence-electron chi connectivity index (χ0n) is 21.3. The summed E-state index contributed by atoms with van der Waals surface area (Å²) in [5.41, 5.74) is 7.47. The lowest BCUT2D eigenvalue weighted by molar-refractivity contribution is 0.315. The monoisotopic (exact) mass is 492 g/mol. The largest absolute Gasteiger partial charge is 0.243 e. The summed E-state index contributed by atoms with van der Waals surface area (Å²) in [6.45, 7) is 13.7. The van der Waals surface area contributed by atoms with Gasteiger partial charge in [-0.1, -0.05) is 79.4 Å². The van der Waals surface area contributed by atoms with E-state index in [-0.39, 0.29) is 5.41 Å². The van der Waals surface area contributed by atoms with Gasteiger partial charge in [-0.15, -0.1) is 22.7 Å². The van der Waals surface area contributed by atoms with Crippen molar-refractivity contribution in [2.75, 3.05) is 0 Å². The van der Waals surface area contributed by atoms with Gasteiger partial charge in [-0.3, -0.25) is 0 Å². The molecule has 0 atom stereocenters. The molecule has 0 amide bonds. The Morgan fingerprint density at radius 3 is 2.12 bits per heavy atom. The average Bonchev–Trinajstić information content (AvgIpc) is 3.58. The molecule has 3 aromatic heterocycles. The van der Waals surface area contributed by atoms with E-state index in [0.29, 0.717) is 11.8 Å². The van der Waals surface area contributed by atoms with Crippen LogP contribution in [0, 0.1) is 0 Å². The minimum Gasteiger partial charge on any atom is -0.243 e. The van der Waals surface area contributed by atoms with Crippen LogP contribution in [-0.4, -0.2) is 10.3 Å². The van der Waals surface area contributed by atoms with Gasteiger partial charge in [-0.05, 0) is 63.8 Å². The molecule has 0 bridgehead atoms. The molecule has 1 aromatic carbocycles. The van der Waals surface area contributed by atoms with Crippen molar-refractivity contribution >= 4 is 33.7 Å². The van der Waals surface area contributed by atoms with E-state index in [4.69, 9.17) is 4.63 Å². The first-order chi connectivity index (χ1) is 16.4. The second kappa shape index (κ2) is 9.23. The molecule has 3 nitrogen and oxygen atoms in total. The number of unbranched alkanes of at least 4 members (excludes halogenated alkanes) is 2. The quantitative estimate of drug-likeness (QED) is 0.233. The Labute approximate surface area is 211 Å². The van der Waals surface area contributed by atoms with Crippen LogP contribution >= 0.6 is 22.7 Å². The lowest BCUT2D eigenvalue weighted by Crippen LogP contribution is -2.24. The molecule has 0 unspecified atom stereocenters. The Kier molecular flexibility index (Phi) is 6.45. The van der Waals surface area contributed by atoms with Crippen molar-refractivity contribution in [3.05, 3.63) is 45.8 Å². The highest BCUT2D eigenvalue weighted by atomic mass is 32.1. The molecule has 1 aliphatic carbocycles. The van der Waals surface area contributed by atoms with Crippen molar-refractivity contribution < 1.29 is 4.63 Å². The van der Waals surface area contributed by atoms with E-state index in [0.717, 1.165) is 16.6 Å². The molecular formula is C29H36N2OS2. The molecule has 0 saturated carbocycles. The second-order valence-electron chi connectivity index (χ2n) is 10.5. The van der Waals surface area contributed by atoms with Gasteiger partial charge in [0.05, 0.1) is 0 Å². The SMILES string of the molecule is CCCCC1(CCCC)c2cc(-c3ccc(C(C)C)c4nonc34)sc2-c2sc(C(C)C)cc21. The van der Waals surface area contributed by atoms with E-state index in [1.807, 2.05) is 22.7 Å². The smallest absolute Gasteiger partial charge is 0.144 e. The van der Waals surface area contributed by atoms with Crippen LogP contribution in [0.1, 0.15) is 113 Å². The number of fused-ring (bicyclic) bond motifs is 4. The molecule has 4 aromatic rings. The van der Waals surface area contributed by atoms with Crippen molar-refractivity contribution in [2.24, 2.45) is 0 Å². The topological polar surface area (TPSA) is 38.9 Å². The first kappa shape index (κ1) is 23.7. The van der Waals surface area contributed by atoms with Crippen LogP contribution < -0.4 is 0 Å². The number of thiophene rings is 2. The Balaban J connectivity index is 1.71. The fraction of sp³-hybridized carbons (Fsp3) is 0.517. The third kappa shape index (κ3) is 3.67. The summed E-state index contributed by atoms with van der Waals surface area (Å²) < 4.78 is 5.24. The van der Waals surface area contributed by atoms with Gasteiger partial charge in [0.25, 0.3) is 0 Å². The van der Waals surface area contributed by atoms with Gasteiger partial charge in [0, 0.05) is 30.5 Å². The van der Waals surface area contributed by atoms with Crippen molar-refractivity contribution in [2.45, 2.75) is 97.3 Å². The molecule has 0 fully saturated rings. The fourth-order valence-corrected chi connectivity index (χ4v) is 8.29. The summed E-state index contributed by atoms with van der Waals surface area (Å²) in [7, 11) is 0. The minimum absolute atomic E-state index is 0.147. The number of benzene rings is 1. The molecule has 0 aliphatic heterocycles. The van der Waals surface area contributed by atoms with Gasteiger partial charge in [0.1, 0.15) is 11.0 Å². The molecule has 1 aliphatic rings. The molecule has 0 saturated heterocycles. The summed E-state index contributed by atoms with van der Waals surface area (Å²) >= 11 is 3.97. The van der Waals surface area contributed by atoms with Gasteiger partial charge in [0.15, 0.2) is 0 Å². The van der Waals surface area contributed by atoms with Crippen molar-refractivity contribution in [3.8, 4) is 20.2 Å². The molecule has 5 heteroatoms. The summed E-state index contributed by atoms with van der Waals surface area (Å²) in [6.07, 6.45) is 7.47. The number of hydrogen-bond acceptors (Lipinski definition) is 5. The zero-order valence-corrected chi connectivity index (χ0v) is 23.0. The van der Waals surface area contributed by atoms with Crippen LogP contribution in [0.2, 0.25) is 0 Å². The molecule has 0 spiro atoms. The highest BCUT2D eigenvalue weighted by Crippen LogP contribution is 2.61. The van der Waals surface area contributed by atoms with E-state index in [1.165, 1.54) is 63.6 Å². The van der Waals surface area contributed by atoms with Crippen molar-refractivity contribution in [1.29, 1.82) is 0 Å². The molecule has 34 heavy (non-hydrogen) atoms. The van der Waals surface area contributed by atoms with Gasteiger partial charge in [0.2, 0.25) is 0 Å². The van der Waals surface area contributed by atoms with Gasteiger partial charge in [-0.2, -0.15) is 0 Å². The fourth-order valence-electron chi connectivity index (χ4n) is 5.58. The highest BCUT2D eigenvalue weighted by molar-refractivity contribution is 7.24. The maximum atomic E-state index is 5.24. The van der Waals surface area contributed by atoms with Crippen LogP contribution in [0.3, 0.4) is 0 Å². The molecular weight excluding hydrogens is 456 g/mol. The first-order valence-corrected chi connectivity index (χ1v) is 14.6. The molecule has 0 radical (unpaired) electrons. The maximum Gasteiger partial charge on any atom is 0.144 e. The third-order valence-corrected chi connectivity index (χ3v) is 10.3. The van der Waals surface area contributed by atoms with Gasteiger partial charge < -0.3 is 0 Å². The summed E-state index contributed by atoms with van der Waals surface area (Å²) in [6, 6.07) is 9.49. The maximum absolute atomic E-state index is 5.24. The molecule has 180 valence electrons. The number of rotatable bonds is 9. The molecule has 3 heterocycles. The van der Waals surface area contributed by atoms with E-state index < -0.39 is 0 Å². The van der Waals surface area contributed by atoms with E-state index in [1.54, 1.807) is 11.1 Å². The van der Waals surface area contributed by atoms with Crippen LogP contribution in [0.15, 0.2) is 28.9 Å². The zero-order chi connectivity index (χ0) is 24.0. The Bertz CT molecular complexity index is 1300. The molecule has 5 rings (SSSR count). The van der Waals surface area contributed by atoms with Crippen LogP contribution in [0.5, 0.6) is 0 Å². The lowest BCUT2D eigenvalue weighted by atomic mass is 9.71. The average molecular weight is 493 g/mol. The van der Waals surface area contributed by atoms with Crippen molar-refractivity contribution in [1.82, 2.24) is 10.3 Å². The third-order valence-electron chi connectivity index (χ3n) is 7.54. The number of aromatic nitrogens is 2. The summed E-state index contributed by atoms with van der Waals surface area (Å²) in [5.74, 6) is 0.952. The first-order valence-electron chi connectivity index (χ1n) is 13.0. The van der Waals surface area contributed by atoms with Crippen LogP contribution in [0.4, 0.5) is 0 Å². The Morgan fingerprint density at radius 1 is 0.824 bits per heavy atom. The molecule has 0 N–H and O–H groups in total. The predicted octanol–water partition coefficient (Wildman–Crippen LogP) is 9.91. The Hall–Kier alpha value is -1.98. The van der Waals surface area contributed by atoms with Crippen molar-refractivity contribution in [3.63, 3.8) is 0 Å². The number of hydrogen-bond donors (Lipinski definition) is 0. The van der Waals surface area contributed by atoms with E-state index in [9.17, 15) is 0 Å². The standard InChI is InChI=1S/C29H36N2OS2/c1-7-9-13-29(14-10-8-2)21-15-23(18(5)6)33-27(21)28-22(29)16-24(34-28)20-12-11-19(17(3)4)25-26(20)31-32-30-25/h11-12,15-18H,7-10,13-14H2,1-6H3. The normalized spacial score (nSPS) is 14.5. The lowest BCUT2D eigenvalue weighted by Gasteiger charge is -2.31. The highest BCUT2D eigenvalue weighted by Gasteiger charge is 2.45. The van der Waals surface area contributed by atoms with E-state index in [2.05, 4.69) is 76.1 Å². The summed E-state index contributed by atoms with van der Waals surface area (Å²) in [5, 5.41) is 8.63. The van der Waals surface area contributed by atoms with Crippen LogP contribution in [0.25, 0.3) is 31.2 Å². The van der Waals surface area contributed by atoms with Gasteiger partial charge in [-0.25, -0.2) is 4.63 Å². The second-order valence-corrected chi connectivity index (χ2v) is 12.6. The van der Waals surface area contributed by atoms with Gasteiger partial charge >= 0.3 is 0 Å². The van der Waals surface area contributed by atoms with E-state index >= 15 is 0 Å². The predicted molar refractivity (Wildman–Crippen MR) is 146 cm³/mol. The van der Waals surface area contributed by atoms with Crippen LogP contribution in [-0.2, 0) is 5.41 Å². The summed E-state index contributed by atoms with van der Waals surface area (Å²) in [4.78, 5) is 5.83.